The molecule has 272 valence electrons. The van der Waals surface area contributed by atoms with Gasteiger partial charge in [-0.25, -0.2) is 0 Å². The quantitative estimate of drug-likeness (QED) is 0.131. The Hall–Kier alpha value is -3.87. The summed E-state index contributed by atoms with van der Waals surface area (Å²) in [6.07, 6.45) is -11.4. The molecule has 0 spiro atoms. The molecular weight excluding hydrogens is 646 g/mol. The van der Waals surface area contributed by atoms with E-state index in [0.29, 0.717) is 0 Å². The number of esters is 7. The lowest BCUT2D eigenvalue weighted by Gasteiger charge is -2.50. The molecular formula is C30H45NO17. The summed E-state index contributed by atoms with van der Waals surface area (Å²) in [6.45, 7) is 9.02. The minimum Gasteiger partial charge on any atom is -0.463 e. The Bertz CT molecular complexity index is 1190. The first-order chi connectivity index (χ1) is 22.4. The van der Waals surface area contributed by atoms with Crippen molar-refractivity contribution in [3.8, 4) is 0 Å². The van der Waals surface area contributed by atoms with E-state index >= 15 is 0 Å². The molecule has 48 heavy (non-hydrogen) atoms. The SMILES string of the molecule is CC(=O)OC[C@H]1O[C@H](O)[C@@](CCNCC[C@@H]2O[C@@H](C)[C@@H](OC(C)=O)[C@@H](OC(C)=O)[C@@H]2OC(C)=O)(OC(C)=O)[C@@H](OC(C)=O)[C@@H]1OC(C)=O. The second kappa shape index (κ2) is 18.0. The highest BCUT2D eigenvalue weighted by atomic mass is 16.7. The van der Waals surface area contributed by atoms with E-state index in [-0.39, 0.29) is 25.9 Å². The van der Waals surface area contributed by atoms with Gasteiger partial charge in [0.15, 0.2) is 36.8 Å². The zero-order valence-corrected chi connectivity index (χ0v) is 28.2. The molecule has 0 saturated carbocycles. The first-order valence-corrected chi connectivity index (χ1v) is 15.3. The minimum absolute atomic E-state index is 0.0309. The maximum Gasteiger partial charge on any atom is 0.303 e. The molecule has 2 aliphatic heterocycles. The molecule has 0 aromatic heterocycles. The normalized spacial score (nSPS) is 31.4. The summed E-state index contributed by atoms with van der Waals surface area (Å²) in [7, 11) is 0. The van der Waals surface area contributed by atoms with E-state index in [4.69, 9.17) is 42.6 Å². The van der Waals surface area contributed by atoms with Crippen molar-refractivity contribution in [1.29, 1.82) is 0 Å². The number of ether oxygens (including phenoxy) is 9. The van der Waals surface area contributed by atoms with Gasteiger partial charge in [0.05, 0.1) is 6.10 Å². The second-order valence-electron chi connectivity index (χ2n) is 11.4. The lowest BCUT2D eigenvalue weighted by molar-refractivity contribution is -0.335. The predicted octanol–water partition coefficient (Wildman–Crippen LogP) is -0.616. The fourth-order valence-electron chi connectivity index (χ4n) is 5.67. The first kappa shape index (κ1) is 40.3. The van der Waals surface area contributed by atoms with E-state index < -0.39 is 109 Å². The van der Waals surface area contributed by atoms with Gasteiger partial charge in [0, 0.05) is 54.9 Å². The number of carbonyl (C=O) groups excluding carboxylic acids is 7. The monoisotopic (exact) mass is 691 g/mol. The second-order valence-corrected chi connectivity index (χ2v) is 11.4. The Morgan fingerprint density at radius 3 is 1.67 bits per heavy atom. The van der Waals surface area contributed by atoms with Crippen LogP contribution in [0, 0.1) is 0 Å². The van der Waals surface area contributed by atoms with Gasteiger partial charge < -0.3 is 53.1 Å². The van der Waals surface area contributed by atoms with Crippen LogP contribution in [-0.2, 0) is 76.2 Å². The minimum atomic E-state index is -2.11. The fourth-order valence-corrected chi connectivity index (χ4v) is 5.67. The average molecular weight is 692 g/mol. The Morgan fingerprint density at radius 2 is 1.15 bits per heavy atom. The van der Waals surface area contributed by atoms with Gasteiger partial charge in [-0.2, -0.15) is 0 Å². The van der Waals surface area contributed by atoms with Gasteiger partial charge in [-0.15, -0.1) is 0 Å². The molecule has 0 aromatic rings. The van der Waals surface area contributed by atoms with Crippen LogP contribution in [0.25, 0.3) is 0 Å². The molecule has 2 fully saturated rings. The van der Waals surface area contributed by atoms with Crippen LogP contribution < -0.4 is 5.32 Å². The molecule has 2 rings (SSSR count). The van der Waals surface area contributed by atoms with Crippen LogP contribution in [0.4, 0.5) is 0 Å². The van der Waals surface area contributed by atoms with Gasteiger partial charge >= 0.3 is 41.8 Å². The third-order valence-corrected chi connectivity index (χ3v) is 7.32. The molecule has 2 aliphatic rings. The molecule has 2 saturated heterocycles. The fraction of sp³-hybridized carbons (Fsp3) is 0.767. The number of carbonyl (C=O) groups is 7. The molecule has 18 heteroatoms. The van der Waals surface area contributed by atoms with Crippen molar-refractivity contribution < 1.29 is 81.3 Å². The summed E-state index contributed by atoms with van der Waals surface area (Å²) in [5.41, 5.74) is -2.11. The first-order valence-electron chi connectivity index (χ1n) is 15.3. The molecule has 2 N–H and O–H groups in total. The van der Waals surface area contributed by atoms with Crippen molar-refractivity contribution >= 4 is 41.8 Å². The van der Waals surface area contributed by atoms with E-state index in [9.17, 15) is 38.7 Å². The Morgan fingerprint density at radius 1 is 0.625 bits per heavy atom. The van der Waals surface area contributed by atoms with Crippen molar-refractivity contribution in [3.05, 3.63) is 0 Å². The highest BCUT2D eigenvalue weighted by Gasteiger charge is 2.62. The highest BCUT2D eigenvalue weighted by molar-refractivity contribution is 5.70. The van der Waals surface area contributed by atoms with Crippen molar-refractivity contribution in [2.24, 2.45) is 0 Å². The van der Waals surface area contributed by atoms with Gasteiger partial charge in [-0.3, -0.25) is 33.6 Å². The molecule has 0 aliphatic carbocycles. The van der Waals surface area contributed by atoms with Gasteiger partial charge in [0.25, 0.3) is 0 Å². The molecule has 0 aromatic carbocycles. The maximum absolute atomic E-state index is 12.3. The van der Waals surface area contributed by atoms with Crippen molar-refractivity contribution in [2.75, 3.05) is 19.7 Å². The molecule has 0 radical (unpaired) electrons. The maximum atomic E-state index is 12.3. The summed E-state index contributed by atoms with van der Waals surface area (Å²) in [5, 5.41) is 14.3. The number of aliphatic hydroxyl groups is 1. The number of rotatable bonds is 14. The van der Waals surface area contributed by atoms with Crippen molar-refractivity contribution in [1.82, 2.24) is 5.32 Å². The van der Waals surface area contributed by atoms with E-state index in [2.05, 4.69) is 5.32 Å². The number of hydrogen-bond acceptors (Lipinski definition) is 18. The van der Waals surface area contributed by atoms with Crippen molar-refractivity contribution in [2.45, 2.75) is 129 Å². The standard InChI is InChI=1S/C30H45NO17/c1-14-24(42-16(3)33)27(45-19(6)36)25(43-17(4)34)22(41-14)9-11-31-12-10-30(48-21(8)38)28(46-20(7)37)26(44-18(5)35)23(47-29(30)39)13-40-15(2)32/h14,22-29,31,39H,9-13H2,1-8H3/t14-,22-,23+,24+,25+,26+,27+,28-,29-,30-/m0/s1. The summed E-state index contributed by atoms with van der Waals surface area (Å²) in [5.74, 6) is -5.34. The van der Waals surface area contributed by atoms with E-state index in [1.165, 1.54) is 6.92 Å². The van der Waals surface area contributed by atoms with Crippen molar-refractivity contribution in [3.63, 3.8) is 0 Å². The van der Waals surface area contributed by atoms with Crippen LogP contribution in [0.15, 0.2) is 0 Å². The van der Waals surface area contributed by atoms with Crippen LogP contribution in [-0.4, -0.2) is 127 Å². The third kappa shape index (κ3) is 11.4. The zero-order chi connectivity index (χ0) is 36.3. The van der Waals surface area contributed by atoms with Gasteiger partial charge in [0.2, 0.25) is 5.60 Å². The zero-order valence-electron chi connectivity index (χ0n) is 28.2. The molecule has 0 amide bonds. The molecule has 2 heterocycles. The Balaban J connectivity index is 2.30. The number of nitrogens with one attached hydrogen (secondary N) is 1. The van der Waals surface area contributed by atoms with Gasteiger partial charge in [-0.1, -0.05) is 0 Å². The lowest BCUT2D eigenvalue weighted by Crippen LogP contribution is -2.70. The summed E-state index contributed by atoms with van der Waals surface area (Å²) in [4.78, 5) is 83.8. The smallest absolute Gasteiger partial charge is 0.303 e. The van der Waals surface area contributed by atoms with Gasteiger partial charge in [-0.05, 0) is 26.4 Å². The van der Waals surface area contributed by atoms with E-state index in [1.54, 1.807) is 6.92 Å². The summed E-state index contributed by atoms with van der Waals surface area (Å²) >= 11 is 0. The summed E-state index contributed by atoms with van der Waals surface area (Å²) in [6, 6.07) is 0. The largest absolute Gasteiger partial charge is 0.463 e. The van der Waals surface area contributed by atoms with Gasteiger partial charge in [0.1, 0.15) is 18.8 Å². The lowest BCUT2D eigenvalue weighted by atomic mass is 9.83. The third-order valence-electron chi connectivity index (χ3n) is 7.32. The Kier molecular flexibility index (Phi) is 15.2. The molecule has 0 bridgehead atoms. The average Bonchev–Trinajstić information content (AvgIpc) is 2.94. The number of hydrogen-bond donors (Lipinski definition) is 2. The van der Waals surface area contributed by atoms with E-state index in [1.807, 2.05) is 0 Å². The molecule has 18 nitrogen and oxygen atoms in total. The van der Waals surface area contributed by atoms with Crippen LogP contribution in [0.5, 0.6) is 0 Å². The highest BCUT2D eigenvalue weighted by Crippen LogP contribution is 2.39. The van der Waals surface area contributed by atoms with Crippen LogP contribution in [0.2, 0.25) is 0 Å². The topological polar surface area (TPSA) is 235 Å². The van der Waals surface area contributed by atoms with Crippen LogP contribution in [0.3, 0.4) is 0 Å². The van der Waals surface area contributed by atoms with Crippen LogP contribution in [0.1, 0.15) is 68.2 Å². The summed E-state index contributed by atoms with van der Waals surface area (Å²) < 4.78 is 49.3. The Labute approximate surface area is 277 Å². The molecule has 0 unspecified atom stereocenters. The van der Waals surface area contributed by atoms with Crippen LogP contribution >= 0.6 is 0 Å². The van der Waals surface area contributed by atoms with E-state index in [0.717, 1.165) is 41.5 Å². The predicted molar refractivity (Wildman–Crippen MR) is 156 cm³/mol. The molecule has 10 atom stereocenters. The number of aliphatic hydroxyl groups excluding tert-OH is 1.